The number of nitrogens with zero attached hydrogens (tertiary/aromatic N) is 4. The van der Waals surface area contributed by atoms with Crippen molar-refractivity contribution in [2.24, 2.45) is 0 Å². The van der Waals surface area contributed by atoms with E-state index in [0.717, 1.165) is 64.0 Å². The first kappa shape index (κ1) is 24.0. The van der Waals surface area contributed by atoms with E-state index in [9.17, 15) is 9.90 Å². The van der Waals surface area contributed by atoms with Crippen LogP contribution in [0.5, 0.6) is 0 Å². The summed E-state index contributed by atoms with van der Waals surface area (Å²) in [5.74, 6) is 0.818. The van der Waals surface area contributed by atoms with E-state index in [0.29, 0.717) is 34.9 Å². The number of pyridine rings is 1. The van der Waals surface area contributed by atoms with Crippen molar-refractivity contribution < 1.29 is 9.90 Å². The third kappa shape index (κ3) is 4.98. The van der Waals surface area contributed by atoms with Crippen LogP contribution in [0.25, 0.3) is 0 Å². The number of carbonyl (C=O) groups excluding carboxylic acids is 1. The molecule has 1 unspecified atom stereocenters. The fourth-order valence-corrected chi connectivity index (χ4v) is 5.96. The van der Waals surface area contributed by atoms with Crippen molar-refractivity contribution in [2.45, 2.75) is 49.7 Å². The number of hydrogen-bond donors (Lipinski definition) is 1. The Balaban J connectivity index is 1.31. The van der Waals surface area contributed by atoms with Crippen LogP contribution in [0.1, 0.15) is 37.7 Å². The molecule has 0 saturated carbocycles. The monoisotopic (exact) mass is 502 g/mol. The molecule has 3 aliphatic rings. The van der Waals surface area contributed by atoms with Crippen LogP contribution in [-0.4, -0.2) is 77.2 Å². The van der Waals surface area contributed by atoms with Gasteiger partial charge in [0.1, 0.15) is 5.82 Å². The Morgan fingerprint density at radius 2 is 1.88 bits per heavy atom. The molecule has 3 saturated heterocycles. The first-order valence-corrected chi connectivity index (χ1v) is 13.0. The quantitative estimate of drug-likeness (QED) is 0.647. The summed E-state index contributed by atoms with van der Waals surface area (Å²) < 4.78 is 0. The minimum absolute atomic E-state index is 0.116. The van der Waals surface area contributed by atoms with Gasteiger partial charge in [-0.15, -0.1) is 0 Å². The van der Waals surface area contributed by atoms with Crippen LogP contribution in [-0.2, 0) is 10.2 Å². The molecule has 3 fully saturated rings. The number of anilines is 1. The summed E-state index contributed by atoms with van der Waals surface area (Å²) >= 11 is 12.7. The first-order chi connectivity index (χ1) is 16.4. The Morgan fingerprint density at radius 1 is 1.09 bits per heavy atom. The van der Waals surface area contributed by atoms with E-state index in [1.54, 1.807) is 6.20 Å². The van der Waals surface area contributed by atoms with Gasteiger partial charge in [-0.05, 0) is 62.1 Å². The van der Waals surface area contributed by atoms with E-state index in [1.165, 1.54) is 0 Å². The maximum atomic E-state index is 12.9. The van der Waals surface area contributed by atoms with Gasteiger partial charge in [0, 0.05) is 56.8 Å². The zero-order valence-electron chi connectivity index (χ0n) is 19.4. The van der Waals surface area contributed by atoms with Crippen molar-refractivity contribution in [1.82, 2.24) is 14.8 Å². The fraction of sp³-hybridized carbons (Fsp3) is 0.538. The van der Waals surface area contributed by atoms with Crippen LogP contribution < -0.4 is 4.90 Å². The lowest BCUT2D eigenvalue weighted by Gasteiger charge is -2.49. The number of aromatic nitrogens is 1. The highest BCUT2D eigenvalue weighted by atomic mass is 35.5. The van der Waals surface area contributed by atoms with E-state index >= 15 is 0 Å². The highest BCUT2D eigenvalue weighted by molar-refractivity contribution is 6.42. The molecule has 1 aromatic carbocycles. The summed E-state index contributed by atoms with van der Waals surface area (Å²) in [6, 6.07) is 12.2. The number of hydrogen-bond acceptors (Lipinski definition) is 5. The lowest BCUT2D eigenvalue weighted by Crippen LogP contribution is -2.61. The van der Waals surface area contributed by atoms with Gasteiger partial charge in [-0.1, -0.05) is 35.3 Å². The summed E-state index contributed by atoms with van der Waals surface area (Å²) in [6.45, 7) is 5.68. The predicted molar refractivity (Wildman–Crippen MR) is 136 cm³/mol. The third-order valence-corrected chi connectivity index (χ3v) is 8.64. The molecule has 5 rings (SSSR count). The molecule has 1 aromatic heterocycles. The van der Waals surface area contributed by atoms with Gasteiger partial charge in [-0.25, -0.2) is 4.98 Å². The lowest BCUT2D eigenvalue weighted by molar-refractivity contribution is -0.120. The maximum absolute atomic E-state index is 12.9. The molecule has 2 aromatic rings. The Labute approximate surface area is 211 Å². The summed E-state index contributed by atoms with van der Waals surface area (Å²) in [6.07, 6.45) is 5.58. The van der Waals surface area contributed by atoms with Crippen LogP contribution in [0.2, 0.25) is 10.0 Å². The summed E-state index contributed by atoms with van der Waals surface area (Å²) in [7, 11) is 0. The second-order valence-electron chi connectivity index (χ2n) is 10.0. The van der Waals surface area contributed by atoms with Gasteiger partial charge in [0.25, 0.3) is 0 Å². The largest absolute Gasteiger partial charge is 0.393 e. The van der Waals surface area contributed by atoms with E-state index in [2.05, 4.69) is 20.9 Å². The Hall–Kier alpha value is -1.70. The molecule has 0 aliphatic carbocycles. The number of amides is 1. The number of benzene rings is 1. The highest BCUT2D eigenvalue weighted by Crippen LogP contribution is 2.41. The number of halogens is 2. The van der Waals surface area contributed by atoms with Gasteiger partial charge in [0.15, 0.2) is 0 Å². The van der Waals surface area contributed by atoms with E-state index in [-0.39, 0.29) is 17.4 Å². The molecule has 8 heteroatoms. The van der Waals surface area contributed by atoms with Gasteiger partial charge < -0.3 is 10.0 Å². The van der Waals surface area contributed by atoms with Gasteiger partial charge in [0.2, 0.25) is 5.91 Å². The number of aliphatic hydroxyl groups excluding tert-OH is 1. The minimum atomic E-state index is -0.208. The van der Waals surface area contributed by atoms with Crippen LogP contribution in [0, 0.1) is 0 Å². The topological polar surface area (TPSA) is 59.9 Å². The van der Waals surface area contributed by atoms with Crippen molar-refractivity contribution in [3.8, 4) is 0 Å². The first-order valence-electron chi connectivity index (χ1n) is 12.2. The molecule has 1 atom stereocenters. The van der Waals surface area contributed by atoms with Gasteiger partial charge in [-0.3, -0.25) is 14.6 Å². The van der Waals surface area contributed by atoms with Gasteiger partial charge >= 0.3 is 0 Å². The molecule has 0 bridgehead atoms. The van der Waals surface area contributed by atoms with Crippen LogP contribution in [0.4, 0.5) is 5.82 Å². The van der Waals surface area contributed by atoms with Crippen molar-refractivity contribution in [3.05, 3.63) is 58.2 Å². The Kier molecular flexibility index (Phi) is 7.14. The number of aliphatic hydroxyl groups is 1. The minimum Gasteiger partial charge on any atom is -0.393 e. The molecule has 3 aliphatic heterocycles. The molecule has 0 spiro atoms. The zero-order valence-corrected chi connectivity index (χ0v) is 20.9. The normalized spacial score (nSPS) is 25.5. The maximum Gasteiger partial charge on any atom is 0.228 e. The second-order valence-corrected chi connectivity index (χ2v) is 10.8. The summed E-state index contributed by atoms with van der Waals surface area (Å²) in [5.41, 5.74) is 0.928. The lowest BCUT2D eigenvalue weighted by atomic mass is 9.71. The van der Waals surface area contributed by atoms with Crippen molar-refractivity contribution in [2.75, 3.05) is 44.2 Å². The molecule has 182 valence electrons. The number of rotatable bonds is 6. The van der Waals surface area contributed by atoms with Crippen LogP contribution in [0.3, 0.4) is 0 Å². The standard InChI is InChI=1S/C26H32Cl2N4O2/c27-22-5-4-19(15-23(22)28)26(9-6-25(34)32(18-26)24-3-1-2-11-29-24)10-14-30-16-20(17-30)31-12-7-21(33)8-13-31/h1-5,11,15,20-21,33H,6-10,12-14,16-18H2. The molecule has 1 N–H and O–H groups in total. The molecule has 4 heterocycles. The molecule has 1 amide bonds. The van der Waals surface area contributed by atoms with Crippen molar-refractivity contribution in [1.29, 1.82) is 0 Å². The summed E-state index contributed by atoms with van der Waals surface area (Å²) in [5, 5.41) is 10.9. The highest BCUT2D eigenvalue weighted by Gasteiger charge is 2.42. The fourth-order valence-electron chi connectivity index (χ4n) is 5.66. The van der Waals surface area contributed by atoms with Crippen LogP contribution in [0.15, 0.2) is 42.6 Å². The average Bonchev–Trinajstić information content (AvgIpc) is 2.82. The van der Waals surface area contributed by atoms with Crippen LogP contribution >= 0.6 is 23.2 Å². The Bertz CT molecular complexity index is 1010. The molecule has 6 nitrogen and oxygen atoms in total. The van der Waals surface area contributed by atoms with E-state index in [1.807, 2.05) is 35.2 Å². The zero-order chi connectivity index (χ0) is 23.7. The van der Waals surface area contributed by atoms with Crippen molar-refractivity contribution in [3.63, 3.8) is 0 Å². The summed E-state index contributed by atoms with van der Waals surface area (Å²) in [4.78, 5) is 24.2. The van der Waals surface area contributed by atoms with E-state index < -0.39 is 0 Å². The number of carbonyl (C=O) groups is 1. The molecule has 34 heavy (non-hydrogen) atoms. The molecule has 0 radical (unpaired) electrons. The number of piperidine rings is 2. The molecular weight excluding hydrogens is 471 g/mol. The van der Waals surface area contributed by atoms with Gasteiger partial charge in [0.05, 0.1) is 16.1 Å². The number of likely N-dealkylation sites (tertiary alicyclic amines) is 2. The smallest absolute Gasteiger partial charge is 0.228 e. The SMILES string of the molecule is O=C1CCC(CCN2CC(N3CCC(O)CC3)C2)(c2ccc(Cl)c(Cl)c2)CN1c1ccccn1. The predicted octanol–water partition coefficient (Wildman–Crippen LogP) is 3.98. The average molecular weight is 503 g/mol. The molecular formula is C26H32Cl2N4O2. The van der Waals surface area contributed by atoms with Crippen molar-refractivity contribution >= 4 is 34.9 Å². The van der Waals surface area contributed by atoms with E-state index in [4.69, 9.17) is 23.2 Å². The Morgan fingerprint density at radius 3 is 2.59 bits per heavy atom. The second kappa shape index (κ2) is 10.1. The van der Waals surface area contributed by atoms with Gasteiger partial charge in [-0.2, -0.15) is 0 Å². The third-order valence-electron chi connectivity index (χ3n) is 7.90.